The van der Waals surface area contributed by atoms with Crippen LogP contribution in [0.5, 0.6) is 0 Å². The quantitative estimate of drug-likeness (QED) is 0.770. The van der Waals surface area contributed by atoms with Crippen LogP contribution in [0.2, 0.25) is 5.15 Å². The number of halogens is 1. The van der Waals surface area contributed by atoms with Crippen molar-refractivity contribution < 1.29 is 0 Å². The molecule has 4 nitrogen and oxygen atoms in total. The van der Waals surface area contributed by atoms with Crippen LogP contribution in [0.15, 0.2) is 18.5 Å². The van der Waals surface area contributed by atoms with Gasteiger partial charge in [0.2, 0.25) is 0 Å². The van der Waals surface area contributed by atoms with Gasteiger partial charge in [0.15, 0.2) is 5.82 Å². The maximum Gasteiger partial charge on any atom is 0.158 e. The van der Waals surface area contributed by atoms with E-state index in [1.807, 2.05) is 13.1 Å². The average Bonchev–Trinajstić information content (AvgIpc) is 2.64. The van der Waals surface area contributed by atoms with Crippen LogP contribution in [0.1, 0.15) is 24.7 Å². The van der Waals surface area contributed by atoms with E-state index in [0.29, 0.717) is 5.15 Å². The summed E-state index contributed by atoms with van der Waals surface area (Å²) < 4.78 is 1.71. The van der Waals surface area contributed by atoms with Gasteiger partial charge in [-0.3, -0.25) is 0 Å². The van der Waals surface area contributed by atoms with E-state index in [1.165, 1.54) is 0 Å². The number of hydrogen-bond donors (Lipinski definition) is 0. The summed E-state index contributed by atoms with van der Waals surface area (Å²) in [5, 5.41) is 4.66. The first-order valence-electron chi connectivity index (χ1n) is 5.24. The third-order valence-electron chi connectivity index (χ3n) is 2.15. The second kappa shape index (κ2) is 4.61. The van der Waals surface area contributed by atoms with Gasteiger partial charge in [0, 0.05) is 18.7 Å². The van der Waals surface area contributed by atoms with Crippen LogP contribution in [0.25, 0.3) is 5.82 Å². The second-order valence-corrected chi connectivity index (χ2v) is 4.06. The van der Waals surface area contributed by atoms with E-state index in [4.69, 9.17) is 11.6 Å². The van der Waals surface area contributed by atoms with Crippen LogP contribution in [0.3, 0.4) is 0 Å². The predicted octanol–water partition coefficient (Wildman–Crippen LogP) is 2.58. The normalized spacial score (nSPS) is 10.7. The van der Waals surface area contributed by atoms with Crippen LogP contribution < -0.4 is 0 Å². The first-order chi connectivity index (χ1) is 7.69. The molecule has 0 unspecified atom stereocenters. The lowest BCUT2D eigenvalue weighted by Gasteiger charge is -2.03. The predicted molar refractivity (Wildman–Crippen MR) is 62.9 cm³/mol. The molecule has 2 aromatic heterocycles. The Kier molecular flexibility index (Phi) is 3.19. The molecular formula is C11H13ClN4. The summed E-state index contributed by atoms with van der Waals surface area (Å²) in [6.45, 7) is 4.07. The Morgan fingerprint density at radius 3 is 2.81 bits per heavy atom. The fraction of sp³-hybridized carbons (Fsp3) is 0.364. The minimum atomic E-state index is 0.460. The molecule has 84 valence electrons. The summed E-state index contributed by atoms with van der Waals surface area (Å²) >= 11 is 5.95. The number of aryl methyl sites for hydroxylation is 2. The van der Waals surface area contributed by atoms with Crippen molar-refractivity contribution in [2.24, 2.45) is 0 Å². The zero-order valence-corrected chi connectivity index (χ0v) is 10.1. The van der Waals surface area contributed by atoms with Gasteiger partial charge >= 0.3 is 0 Å². The lowest BCUT2D eigenvalue weighted by molar-refractivity contribution is 0.785. The van der Waals surface area contributed by atoms with Crippen molar-refractivity contribution in [3.05, 3.63) is 35.0 Å². The highest BCUT2D eigenvalue weighted by Crippen LogP contribution is 2.12. The van der Waals surface area contributed by atoms with Gasteiger partial charge in [-0.15, -0.1) is 0 Å². The molecular weight excluding hydrogens is 224 g/mol. The summed E-state index contributed by atoms with van der Waals surface area (Å²) in [6.07, 6.45) is 5.52. The standard InChI is InChI=1S/C11H13ClN4/c1-3-4-10-14-9(12)5-11(15-10)16-7-8(2)6-13-16/h5-7H,3-4H2,1-2H3. The fourth-order valence-electron chi connectivity index (χ4n) is 1.44. The molecule has 5 heteroatoms. The minimum absolute atomic E-state index is 0.460. The number of hydrogen-bond acceptors (Lipinski definition) is 3. The molecule has 0 radical (unpaired) electrons. The van der Waals surface area contributed by atoms with Crippen LogP contribution in [-0.2, 0) is 6.42 Å². The van der Waals surface area contributed by atoms with E-state index in [-0.39, 0.29) is 0 Å². The minimum Gasteiger partial charge on any atom is -0.222 e. The number of nitrogens with zero attached hydrogens (tertiary/aromatic N) is 4. The highest BCUT2D eigenvalue weighted by molar-refractivity contribution is 6.29. The van der Waals surface area contributed by atoms with Gasteiger partial charge in [0.25, 0.3) is 0 Å². The largest absolute Gasteiger partial charge is 0.222 e. The molecule has 0 aromatic carbocycles. The molecule has 0 spiro atoms. The molecule has 0 amide bonds. The maximum atomic E-state index is 5.95. The van der Waals surface area contributed by atoms with Crippen molar-refractivity contribution in [2.75, 3.05) is 0 Å². The molecule has 0 saturated carbocycles. The van der Waals surface area contributed by atoms with Crippen molar-refractivity contribution in [3.8, 4) is 5.82 Å². The molecule has 0 aliphatic rings. The van der Waals surface area contributed by atoms with Gasteiger partial charge in [-0.1, -0.05) is 18.5 Å². The van der Waals surface area contributed by atoms with E-state index in [1.54, 1.807) is 16.9 Å². The first-order valence-corrected chi connectivity index (χ1v) is 5.62. The molecule has 2 aromatic rings. The summed E-state index contributed by atoms with van der Waals surface area (Å²) in [4.78, 5) is 8.58. The maximum absolute atomic E-state index is 5.95. The topological polar surface area (TPSA) is 43.6 Å². The smallest absolute Gasteiger partial charge is 0.158 e. The van der Waals surface area contributed by atoms with Gasteiger partial charge in [0.05, 0.1) is 6.20 Å². The van der Waals surface area contributed by atoms with Crippen LogP contribution >= 0.6 is 11.6 Å². The molecule has 0 aliphatic heterocycles. The van der Waals surface area contributed by atoms with E-state index in [9.17, 15) is 0 Å². The van der Waals surface area contributed by atoms with Crippen molar-refractivity contribution in [3.63, 3.8) is 0 Å². The summed E-state index contributed by atoms with van der Waals surface area (Å²) in [7, 11) is 0. The average molecular weight is 237 g/mol. The molecule has 2 rings (SSSR count). The molecule has 2 heterocycles. The number of rotatable bonds is 3. The molecule has 16 heavy (non-hydrogen) atoms. The Morgan fingerprint density at radius 1 is 1.38 bits per heavy atom. The fourth-order valence-corrected chi connectivity index (χ4v) is 1.64. The van der Waals surface area contributed by atoms with Crippen molar-refractivity contribution in [1.82, 2.24) is 19.7 Å². The molecule has 0 atom stereocenters. The third kappa shape index (κ3) is 2.39. The van der Waals surface area contributed by atoms with Crippen LogP contribution in [0, 0.1) is 6.92 Å². The zero-order chi connectivity index (χ0) is 11.5. The Balaban J connectivity index is 2.40. The molecule has 0 aliphatic carbocycles. The van der Waals surface area contributed by atoms with E-state index in [0.717, 1.165) is 30.0 Å². The van der Waals surface area contributed by atoms with Crippen LogP contribution in [-0.4, -0.2) is 19.7 Å². The highest BCUT2D eigenvalue weighted by atomic mass is 35.5. The van der Waals surface area contributed by atoms with Crippen molar-refractivity contribution >= 4 is 11.6 Å². The summed E-state index contributed by atoms with van der Waals surface area (Å²) in [6, 6.07) is 1.72. The van der Waals surface area contributed by atoms with Gasteiger partial charge < -0.3 is 0 Å². The van der Waals surface area contributed by atoms with Gasteiger partial charge in [-0.05, 0) is 18.9 Å². The van der Waals surface area contributed by atoms with E-state index >= 15 is 0 Å². The lowest BCUT2D eigenvalue weighted by atomic mass is 10.3. The highest BCUT2D eigenvalue weighted by Gasteiger charge is 2.05. The molecule has 0 bridgehead atoms. The van der Waals surface area contributed by atoms with Crippen molar-refractivity contribution in [2.45, 2.75) is 26.7 Å². The Labute approximate surface area is 99.3 Å². The zero-order valence-electron chi connectivity index (χ0n) is 9.31. The van der Waals surface area contributed by atoms with Gasteiger partial charge in [-0.25, -0.2) is 14.6 Å². The number of aromatic nitrogens is 4. The monoisotopic (exact) mass is 236 g/mol. The Hall–Kier alpha value is -1.42. The summed E-state index contributed by atoms with van der Waals surface area (Å²) in [5.41, 5.74) is 1.09. The lowest BCUT2D eigenvalue weighted by Crippen LogP contribution is -2.03. The van der Waals surface area contributed by atoms with E-state index < -0.39 is 0 Å². The molecule has 0 fully saturated rings. The van der Waals surface area contributed by atoms with Gasteiger partial charge in [-0.2, -0.15) is 5.10 Å². The second-order valence-electron chi connectivity index (χ2n) is 3.68. The van der Waals surface area contributed by atoms with E-state index in [2.05, 4.69) is 22.0 Å². The van der Waals surface area contributed by atoms with Gasteiger partial charge in [0.1, 0.15) is 11.0 Å². The first kappa shape index (κ1) is 11.1. The molecule has 0 saturated heterocycles. The van der Waals surface area contributed by atoms with Crippen molar-refractivity contribution in [1.29, 1.82) is 0 Å². The summed E-state index contributed by atoms with van der Waals surface area (Å²) in [5.74, 6) is 1.48. The Bertz CT molecular complexity index is 492. The SMILES string of the molecule is CCCc1nc(Cl)cc(-n2cc(C)cn2)n1. The Morgan fingerprint density at radius 2 is 2.19 bits per heavy atom. The molecule has 0 N–H and O–H groups in total. The third-order valence-corrected chi connectivity index (χ3v) is 2.34. The van der Waals surface area contributed by atoms with Crippen LogP contribution in [0.4, 0.5) is 0 Å².